The molecule has 6 heteroatoms. The molecule has 0 spiro atoms. The highest BCUT2D eigenvalue weighted by Crippen LogP contribution is 2.14. The Balaban J connectivity index is 1.65. The summed E-state index contributed by atoms with van der Waals surface area (Å²) in [4.78, 5) is 11.7. The zero-order chi connectivity index (χ0) is 15.9. The van der Waals surface area contributed by atoms with Gasteiger partial charge in [0, 0.05) is 12.0 Å². The zero-order valence-electron chi connectivity index (χ0n) is 12.7. The number of carbonyl (C=O) groups excluding carboxylic acids is 1. The van der Waals surface area contributed by atoms with E-state index in [4.69, 9.17) is 9.26 Å². The molecular weight excluding hydrogens is 287 g/mol. The number of benzene rings is 1. The third-order valence-corrected chi connectivity index (χ3v) is 3.29. The topological polar surface area (TPSA) is 64.4 Å². The summed E-state index contributed by atoms with van der Waals surface area (Å²) in [7, 11) is 0. The van der Waals surface area contributed by atoms with E-state index in [0.717, 1.165) is 17.0 Å². The van der Waals surface area contributed by atoms with Gasteiger partial charge in [-0.1, -0.05) is 5.16 Å². The van der Waals surface area contributed by atoms with Crippen molar-refractivity contribution in [2.45, 2.75) is 26.7 Å². The van der Waals surface area contributed by atoms with Gasteiger partial charge in [-0.2, -0.15) is 0 Å². The number of aryl methyl sites for hydroxylation is 2. The standard InChI is InChI=1S/C16H19FN2O3/c1-11-15(12(2)22-19-11)7-8-16(20)18-9-10-21-14-5-3-13(17)4-6-14/h3-6H,7-10H2,1-2H3,(H,18,20). The molecule has 1 heterocycles. The van der Waals surface area contributed by atoms with Gasteiger partial charge < -0.3 is 14.6 Å². The monoisotopic (exact) mass is 306 g/mol. The Morgan fingerprint density at radius 1 is 1.32 bits per heavy atom. The van der Waals surface area contributed by atoms with E-state index in [1.54, 1.807) is 12.1 Å². The molecule has 1 aromatic heterocycles. The molecule has 0 unspecified atom stereocenters. The number of nitrogens with zero attached hydrogens (tertiary/aromatic N) is 1. The summed E-state index contributed by atoms with van der Waals surface area (Å²) in [6.45, 7) is 4.44. The Hall–Kier alpha value is -2.37. The van der Waals surface area contributed by atoms with E-state index in [2.05, 4.69) is 10.5 Å². The number of carbonyl (C=O) groups is 1. The third kappa shape index (κ3) is 4.58. The Morgan fingerprint density at radius 3 is 2.68 bits per heavy atom. The largest absolute Gasteiger partial charge is 0.492 e. The summed E-state index contributed by atoms with van der Waals surface area (Å²) in [6, 6.07) is 5.76. The van der Waals surface area contributed by atoms with Gasteiger partial charge in [-0.15, -0.1) is 0 Å². The summed E-state index contributed by atoms with van der Waals surface area (Å²) in [5.41, 5.74) is 1.81. The molecule has 2 rings (SSSR count). The van der Waals surface area contributed by atoms with E-state index in [9.17, 15) is 9.18 Å². The minimum atomic E-state index is -0.306. The van der Waals surface area contributed by atoms with Crippen LogP contribution in [-0.2, 0) is 11.2 Å². The number of ether oxygens (including phenoxy) is 1. The molecule has 1 amide bonds. The maximum absolute atomic E-state index is 12.7. The quantitative estimate of drug-likeness (QED) is 0.799. The molecule has 0 saturated heterocycles. The van der Waals surface area contributed by atoms with Crippen LogP contribution >= 0.6 is 0 Å². The number of nitrogens with one attached hydrogen (secondary N) is 1. The van der Waals surface area contributed by atoms with Gasteiger partial charge in [0.2, 0.25) is 5.91 Å². The highest BCUT2D eigenvalue weighted by molar-refractivity contribution is 5.76. The maximum atomic E-state index is 12.7. The van der Waals surface area contributed by atoms with Crippen molar-refractivity contribution in [1.82, 2.24) is 10.5 Å². The predicted molar refractivity (Wildman–Crippen MR) is 79.2 cm³/mol. The van der Waals surface area contributed by atoms with Crippen LogP contribution in [0.5, 0.6) is 5.75 Å². The summed E-state index contributed by atoms with van der Waals surface area (Å²) >= 11 is 0. The van der Waals surface area contributed by atoms with Crippen LogP contribution < -0.4 is 10.1 Å². The Bertz CT molecular complexity index is 603. The van der Waals surface area contributed by atoms with E-state index in [1.165, 1.54) is 12.1 Å². The Morgan fingerprint density at radius 2 is 2.05 bits per heavy atom. The molecule has 0 saturated carbocycles. The molecule has 0 aliphatic heterocycles. The number of amides is 1. The van der Waals surface area contributed by atoms with Crippen molar-refractivity contribution >= 4 is 5.91 Å². The number of hydrogen-bond acceptors (Lipinski definition) is 4. The average Bonchev–Trinajstić information content (AvgIpc) is 2.82. The predicted octanol–water partition coefficient (Wildman–Crippen LogP) is 2.56. The van der Waals surface area contributed by atoms with Crippen LogP contribution in [-0.4, -0.2) is 24.2 Å². The van der Waals surface area contributed by atoms with Crippen LogP contribution in [0.15, 0.2) is 28.8 Å². The van der Waals surface area contributed by atoms with E-state index < -0.39 is 0 Å². The van der Waals surface area contributed by atoms with Crippen molar-refractivity contribution in [3.63, 3.8) is 0 Å². The second-order valence-electron chi connectivity index (χ2n) is 4.96. The molecule has 5 nitrogen and oxygen atoms in total. The van der Waals surface area contributed by atoms with Crippen molar-refractivity contribution in [3.8, 4) is 5.75 Å². The number of aromatic nitrogens is 1. The second kappa shape index (κ2) is 7.59. The average molecular weight is 306 g/mol. The van der Waals surface area contributed by atoms with E-state index in [-0.39, 0.29) is 11.7 Å². The van der Waals surface area contributed by atoms with Gasteiger partial charge in [0.05, 0.1) is 12.2 Å². The first kappa shape index (κ1) is 16.0. The molecule has 0 fully saturated rings. The van der Waals surface area contributed by atoms with Crippen LogP contribution in [0.4, 0.5) is 4.39 Å². The fraction of sp³-hybridized carbons (Fsp3) is 0.375. The second-order valence-corrected chi connectivity index (χ2v) is 4.96. The lowest BCUT2D eigenvalue weighted by Crippen LogP contribution is -2.28. The lowest BCUT2D eigenvalue weighted by molar-refractivity contribution is -0.121. The zero-order valence-corrected chi connectivity index (χ0v) is 12.7. The fourth-order valence-electron chi connectivity index (χ4n) is 2.08. The van der Waals surface area contributed by atoms with Crippen molar-refractivity contribution in [2.75, 3.05) is 13.2 Å². The molecular formula is C16H19FN2O3. The summed E-state index contributed by atoms with van der Waals surface area (Å²) in [6.07, 6.45) is 0.977. The van der Waals surface area contributed by atoms with Gasteiger partial charge in [-0.25, -0.2) is 4.39 Å². The van der Waals surface area contributed by atoms with Gasteiger partial charge in [-0.3, -0.25) is 4.79 Å². The van der Waals surface area contributed by atoms with Crippen molar-refractivity contribution in [2.24, 2.45) is 0 Å². The van der Waals surface area contributed by atoms with E-state index in [0.29, 0.717) is 31.7 Å². The molecule has 1 N–H and O–H groups in total. The molecule has 0 atom stereocenters. The van der Waals surface area contributed by atoms with Gasteiger partial charge in [0.15, 0.2) is 0 Å². The van der Waals surface area contributed by atoms with E-state index >= 15 is 0 Å². The summed E-state index contributed by atoms with van der Waals surface area (Å²) < 4.78 is 23.2. The molecule has 22 heavy (non-hydrogen) atoms. The SMILES string of the molecule is Cc1noc(C)c1CCC(=O)NCCOc1ccc(F)cc1. The van der Waals surface area contributed by atoms with Crippen LogP contribution in [0.3, 0.4) is 0 Å². The van der Waals surface area contributed by atoms with Crippen molar-refractivity contribution in [1.29, 1.82) is 0 Å². The smallest absolute Gasteiger partial charge is 0.220 e. The number of hydrogen-bond donors (Lipinski definition) is 1. The molecule has 2 aromatic rings. The maximum Gasteiger partial charge on any atom is 0.220 e. The van der Waals surface area contributed by atoms with Gasteiger partial charge in [-0.05, 0) is 44.5 Å². The highest BCUT2D eigenvalue weighted by atomic mass is 19.1. The van der Waals surface area contributed by atoms with Gasteiger partial charge >= 0.3 is 0 Å². The molecule has 0 bridgehead atoms. The summed E-state index contributed by atoms with van der Waals surface area (Å²) in [5, 5.41) is 6.63. The van der Waals surface area contributed by atoms with Gasteiger partial charge in [0.1, 0.15) is 23.9 Å². The van der Waals surface area contributed by atoms with Crippen LogP contribution in [0, 0.1) is 19.7 Å². The lowest BCUT2D eigenvalue weighted by Gasteiger charge is -2.07. The first-order valence-corrected chi connectivity index (χ1v) is 7.13. The lowest BCUT2D eigenvalue weighted by atomic mass is 10.1. The van der Waals surface area contributed by atoms with E-state index in [1.807, 2.05) is 13.8 Å². The highest BCUT2D eigenvalue weighted by Gasteiger charge is 2.10. The third-order valence-electron chi connectivity index (χ3n) is 3.29. The number of rotatable bonds is 7. The van der Waals surface area contributed by atoms with Crippen molar-refractivity contribution < 1.29 is 18.4 Å². The first-order chi connectivity index (χ1) is 10.6. The molecule has 0 aliphatic carbocycles. The first-order valence-electron chi connectivity index (χ1n) is 7.13. The fourth-order valence-corrected chi connectivity index (χ4v) is 2.08. The normalized spacial score (nSPS) is 10.5. The molecule has 1 aromatic carbocycles. The Kier molecular flexibility index (Phi) is 5.52. The Labute approximate surface area is 128 Å². The minimum Gasteiger partial charge on any atom is -0.492 e. The molecule has 0 aliphatic rings. The van der Waals surface area contributed by atoms with Crippen LogP contribution in [0.2, 0.25) is 0 Å². The van der Waals surface area contributed by atoms with Crippen molar-refractivity contribution in [3.05, 3.63) is 47.1 Å². The number of halogens is 1. The molecule has 118 valence electrons. The summed E-state index contributed by atoms with van der Waals surface area (Å²) in [5.74, 6) is 0.971. The minimum absolute atomic E-state index is 0.0530. The van der Waals surface area contributed by atoms with Gasteiger partial charge in [0.25, 0.3) is 0 Å². The van der Waals surface area contributed by atoms with Crippen LogP contribution in [0.1, 0.15) is 23.4 Å². The molecule has 0 radical (unpaired) electrons. The van der Waals surface area contributed by atoms with Crippen LogP contribution in [0.25, 0.3) is 0 Å².